The van der Waals surface area contributed by atoms with E-state index >= 15 is 0 Å². The third-order valence-corrected chi connectivity index (χ3v) is 5.99. The van der Waals surface area contributed by atoms with Gasteiger partial charge >= 0.3 is 5.69 Å². The quantitative estimate of drug-likeness (QED) is 0.616. The molecule has 0 bridgehead atoms. The van der Waals surface area contributed by atoms with E-state index in [1.165, 1.54) is 0 Å². The number of aromatic nitrogens is 2. The zero-order valence-corrected chi connectivity index (χ0v) is 19.2. The Hall–Kier alpha value is -3.61. The van der Waals surface area contributed by atoms with Crippen LogP contribution in [0.25, 0.3) is 22.5 Å². The van der Waals surface area contributed by atoms with Gasteiger partial charge in [0, 0.05) is 18.7 Å². The van der Waals surface area contributed by atoms with Crippen LogP contribution in [0.1, 0.15) is 25.8 Å². The number of aromatic hydroxyl groups is 1. The van der Waals surface area contributed by atoms with Crippen LogP contribution in [0.15, 0.2) is 53.3 Å². The molecular weight excluding hydrogens is 418 g/mol. The van der Waals surface area contributed by atoms with Gasteiger partial charge in [0.05, 0.1) is 11.4 Å². The molecule has 0 saturated carbocycles. The summed E-state index contributed by atoms with van der Waals surface area (Å²) < 4.78 is 5.72. The number of H-pyrrole nitrogens is 1. The predicted octanol–water partition coefficient (Wildman–Crippen LogP) is 4.00. The Balaban J connectivity index is 1.46. The highest BCUT2D eigenvalue weighted by Gasteiger charge is 2.25. The van der Waals surface area contributed by atoms with E-state index in [2.05, 4.69) is 23.8 Å². The Morgan fingerprint density at radius 3 is 2.42 bits per heavy atom. The molecule has 0 radical (unpaired) electrons. The number of rotatable bonds is 5. The molecule has 1 aliphatic rings. The Morgan fingerprint density at radius 2 is 1.76 bits per heavy atom. The first-order valence-corrected chi connectivity index (χ1v) is 11.2. The summed E-state index contributed by atoms with van der Waals surface area (Å²) >= 11 is 0. The molecule has 1 amide bonds. The topological polar surface area (TPSA) is 95.5 Å². The lowest BCUT2D eigenvalue weighted by Gasteiger charge is -2.34. The van der Waals surface area contributed by atoms with Crippen molar-refractivity contribution in [2.24, 2.45) is 11.8 Å². The summed E-state index contributed by atoms with van der Waals surface area (Å²) in [5, 5.41) is 9.76. The molecule has 2 unspecified atom stereocenters. The van der Waals surface area contributed by atoms with E-state index in [1.54, 1.807) is 43.3 Å². The molecule has 4 rings (SSSR count). The van der Waals surface area contributed by atoms with Gasteiger partial charge in [-0.3, -0.25) is 4.79 Å². The number of phenols is 1. The highest BCUT2D eigenvalue weighted by molar-refractivity contribution is 5.78. The van der Waals surface area contributed by atoms with Gasteiger partial charge in [-0.15, -0.1) is 0 Å². The lowest BCUT2D eigenvalue weighted by molar-refractivity contribution is -0.136. The molecule has 2 atom stereocenters. The molecule has 33 heavy (non-hydrogen) atoms. The number of carbonyl (C=O) groups excluding carboxylic acids is 1. The maximum atomic E-state index is 12.5. The average molecular weight is 448 g/mol. The number of nitrogens with one attached hydrogen (secondary N) is 1. The predicted molar refractivity (Wildman–Crippen MR) is 127 cm³/mol. The third-order valence-electron chi connectivity index (χ3n) is 5.99. The number of aromatic amines is 1. The summed E-state index contributed by atoms with van der Waals surface area (Å²) in [6.45, 7) is 7.71. The first kappa shape index (κ1) is 22.6. The second-order valence-corrected chi connectivity index (χ2v) is 9.04. The summed E-state index contributed by atoms with van der Waals surface area (Å²) in [5.41, 5.74) is 2.94. The molecule has 1 saturated heterocycles. The van der Waals surface area contributed by atoms with Gasteiger partial charge in [-0.05, 0) is 84.8 Å². The van der Waals surface area contributed by atoms with Crippen LogP contribution >= 0.6 is 0 Å². The summed E-state index contributed by atoms with van der Waals surface area (Å²) in [5.74, 6) is 1.81. The fraction of sp³-hybridized carbons (Fsp3) is 0.346. The molecule has 1 aliphatic heterocycles. The van der Waals surface area contributed by atoms with Gasteiger partial charge in [-0.2, -0.15) is 4.98 Å². The van der Waals surface area contributed by atoms with Crippen molar-refractivity contribution in [3.63, 3.8) is 0 Å². The SMILES string of the molecule is Cc1cc(-c2cc(-c3ccc(OCC(=O)N4CC(C)CC(C)C4)cc3)[nH]c(=O)n2)ccc1O. The molecule has 0 spiro atoms. The maximum absolute atomic E-state index is 12.5. The number of aryl methyl sites for hydroxylation is 1. The molecule has 1 aromatic heterocycles. The number of benzene rings is 2. The zero-order chi connectivity index (χ0) is 23.5. The number of hydrogen-bond acceptors (Lipinski definition) is 5. The highest BCUT2D eigenvalue weighted by Crippen LogP contribution is 2.27. The van der Waals surface area contributed by atoms with Crippen LogP contribution in [-0.4, -0.2) is 45.6 Å². The highest BCUT2D eigenvalue weighted by atomic mass is 16.5. The van der Waals surface area contributed by atoms with Crippen LogP contribution in [0.3, 0.4) is 0 Å². The zero-order valence-electron chi connectivity index (χ0n) is 19.2. The van der Waals surface area contributed by atoms with Gasteiger partial charge in [-0.1, -0.05) is 13.8 Å². The van der Waals surface area contributed by atoms with Gasteiger partial charge < -0.3 is 19.7 Å². The fourth-order valence-electron chi connectivity index (χ4n) is 4.41. The monoisotopic (exact) mass is 447 g/mol. The van der Waals surface area contributed by atoms with E-state index in [-0.39, 0.29) is 18.3 Å². The molecule has 2 heterocycles. The van der Waals surface area contributed by atoms with Crippen molar-refractivity contribution in [3.05, 3.63) is 64.6 Å². The smallest absolute Gasteiger partial charge is 0.345 e. The van der Waals surface area contributed by atoms with E-state index in [4.69, 9.17) is 4.74 Å². The first-order valence-electron chi connectivity index (χ1n) is 11.2. The number of amides is 1. The third kappa shape index (κ3) is 5.42. The van der Waals surface area contributed by atoms with Crippen molar-refractivity contribution >= 4 is 5.91 Å². The van der Waals surface area contributed by atoms with Gasteiger partial charge in [0.1, 0.15) is 11.5 Å². The van der Waals surface area contributed by atoms with Crippen LogP contribution < -0.4 is 10.4 Å². The second-order valence-electron chi connectivity index (χ2n) is 9.04. The average Bonchev–Trinajstić information content (AvgIpc) is 2.78. The Labute approximate surface area is 193 Å². The maximum Gasteiger partial charge on any atom is 0.345 e. The van der Waals surface area contributed by atoms with E-state index in [0.717, 1.165) is 30.6 Å². The summed E-state index contributed by atoms with van der Waals surface area (Å²) in [4.78, 5) is 33.4. The van der Waals surface area contributed by atoms with Crippen LogP contribution in [-0.2, 0) is 4.79 Å². The molecule has 2 N–H and O–H groups in total. The number of nitrogens with zero attached hydrogens (tertiary/aromatic N) is 2. The van der Waals surface area contributed by atoms with Crippen LogP contribution in [0.2, 0.25) is 0 Å². The molecular formula is C26H29N3O4. The van der Waals surface area contributed by atoms with Gasteiger partial charge in [0.15, 0.2) is 6.61 Å². The van der Waals surface area contributed by atoms with Gasteiger partial charge in [0.2, 0.25) is 0 Å². The number of carbonyl (C=O) groups is 1. The number of ether oxygens (including phenoxy) is 1. The molecule has 2 aromatic carbocycles. The number of likely N-dealkylation sites (tertiary alicyclic amines) is 1. The molecule has 7 nitrogen and oxygen atoms in total. The standard InChI is InChI=1S/C26H29N3O4/c1-16-10-17(2)14-29(13-16)25(31)15-33-21-7-4-19(5-8-21)22-12-23(28-26(32)27-22)20-6-9-24(30)18(3)11-20/h4-9,11-12,16-17,30H,10,13-15H2,1-3H3,(H,27,28,32). The van der Waals surface area contributed by atoms with Crippen molar-refractivity contribution in [3.8, 4) is 34.0 Å². The molecule has 1 fully saturated rings. The van der Waals surface area contributed by atoms with Gasteiger partial charge in [-0.25, -0.2) is 4.79 Å². The number of hydrogen-bond donors (Lipinski definition) is 2. The van der Waals surface area contributed by atoms with Crippen LogP contribution in [0, 0.1) is 18.8 Å². The van der Waals surface area contributed by atoms with E-state index in [0.29, 0.717) is 34.5 Å². The summed E-state index contributed by atoms with van der Waals surface area (Å²) in [7, 11) is 0. The molecule has 0 aliphatic carbocycles. The Morgan fingerprint density at radius 1 is 1.09 bits per heavy atom. The van der Waals surface area contributed by atoms with E-state index < -0.39 is 5.69 Å². The van der Waals surface area contributed by atoms with Gasteiger partial charge in [0.25, 0.3) is 5.91 Å². The molecule has 7 heteroatoms. The lowest BCUT2D eigenvalue weighted by Crippen LogP contribution is -2.44. The largest absolute Gasteiger partial charge is 0.508 e. The minimum absolute atomic E-state index is 0.00442. The molecule has 3 aromatic rings. The van der Waals surface area contributed by atoms with E-state index in [1.807, 2.05) is 17.0 Å². The normalized spacial score (nSPS) is 18.2. The number of piperidine rings is 1. The lowest BCUT2D eigenvalue weighted by atomic mass is 9.92. The first-order chi connectivity index (χ1) is 15.8. The van der Waals surface area contributed by atoms with E-state index in [9.17, 15) is 14.7 Å². The Kier molecular flexibility index (Phi) is 6.49. The molecule has 172 valence electrons. The minimum atomic E-state index is -0.455. The van der Waals surface area contributed by atoms with Crippen molar-refractivity contribution in [1.29, 1.82) is 0 Å². The summed E-state index contributed by atoms with van der Waals surface area (Å²) in [6.07, 6.45) is 1.15. The van der Waals surface area contributed by atoms with Crippen LogP contribution in [0.4, 0.5) is 0 Å². The summed E-state index contributed by atoms with van der Waals surface area (Å²) in [6, 6.07) is 14.1. The van der Waals surface area contributed by atoms with Crippen molar-refractivity contribution in [2.45, 2.75) is 27.2 Å². The fourth-order valence-corrected chi connectivity index (χ4v) is 4.41. The van der Waals surface area contributed by atoms with Crippen molar-refractivity contribution in [2.75, 3.05) is 19.7 Å². The van der Waals surface area contributed by atoms with Crippen molar-refractivity contribution < 1.29 is 14.6 Å². The second kappa shape index (κ2) is 9.48. The van der Waals surface area contributed by atoms with Crippen LogP contribution in [0.5, 0.6) is 11.5 Å². The minimum Gasteiger partial charge on any atom is -0.508 e. The number of phenolic OH excluding ortho intramolecular Hbond substituents is 1. The van der Waals surface area contributed by atoms with Crippen molar-refractivity contribution in [1.82, 2.24) is 14.9 Å². The Bertz CT molecular complexity index is 1190.